The molecule has 0 N–H and O–H groups in total. The van der Waals surface area contributed by atoms with Crippen LogP contribution in [0.1, 0.15) is 108 Å². The quantitative estimate of drug-likeness (QED) is 0.0831. The van der Waals surface area contributed by atoms with Gasteiger partial charge in [0.25, 0.3) is 0 Å². The first kappa shape index (κ1) is 34.4. The van der Waals surface area contributed by atoms with Crippen LogP contribution in [0.3, 0.4) is 0 Å². The van der Waals surface area contributed by atoms with E-state index in [9.17, 15) is 0 Å². The normalized spacial score (nSPS) is 11.1. The minimum absolute atomic E-state index is 0.794. The summed E-state index contributed by atoms with van der Waals surface area (Å²) in [6, 6.07) is 35.2. The molecule has 4 rings (SSSR count). The number of rotatable bonds is 22. The maximum atomic E-state index is 6.01. The van der Waals surface area contributed by atoms with E-state index in [1.54, 1.807) is 0 Å². The molecule has 0 aliphatic rings. The molecule has 4 aromatic carbocycles. The van der Waals surface area contributed by atoms with E-state index in [2.05, 4.69) is 111 Å². The van der Waals surface area contributed by atoms with Crippen molar-refractivity contribution in [2.45, 2.75) is 110 Å². The Morgan fingerprint density at radius 3 is 0.978 bits per heavy atom. The molecule has 0 fully saturated rings. The lowest BCUT2D eigenvalue weighted by atomic mass is 10.0. The predicted molar refractivity (Wildman–Crippen MR) is 194 cm³/mol. The van der Waals surface area contributed by atoms with E-state index in [1.807, 2.05) is 0 Å². The maximum absolute atomic E-state index is 6.01. The predicted octanol–water partition coefficient (Wildman–Crippen LogP) is 12.7. The SMILES string of the molecule is CCCCCc1ccc(-c2ccc(OCCCCCCCCCOc3ccc(-c4ccc(CCCCC)cc4)cc3)cc2)cc1. The minimum Gasteiger partial charge on any atom is -0.494 e. The fourth-order valence-electron chi connectivity index (χ4n) is 5.84. The van der Waals surface area contributed by atoms with Gasteiger partial charge in [0.15, 0.2) is 0 Å². The summed E-state index contributed by atoms with van der Waals surface area (Å²) >= 11 is 0. The molecule has 0 radical (unpaired) electrons. The molecule has 0 saturated heterocycles. The Bertz CT molecular complexity index is 1200. The van der Waals surface area contributed by atoms with Crippen molar-refractivity contribution in [1.82, 2.24) is 0 Å². The highest BCUT2D eigenvalue weighted by atomic mass is 16.5. The third-order valence-electron chi connectivity index (χ3n) is 8.75. The highest BCUT2D eigenvalue weighted by Gasteiger charge is 2.03. The summed E-state index contributed by atoms with van der Waals surface area (Å²) in [5.41, 5.74) is 7.92. The van der Waals surface area contributed by atoms with Gasteiger partial charge in [-0.05, 0) is 96.2 Å². The van der Waals surface area contributed by atoms with E-state index in [0.29, 0.717) is 0 Å². The monoisotopic (exact) mass is 604 g/mol. The summed E-state index contributed by atoms with van der Waals surface area (Å²) in [5, 5.41) is 0. The molecule has 0 bridgehead atoms. The van der Waals surface area contributed by atoms with Crippen LogP contribution >= 0.6 is 0 Å². The van der Waals surface area contributed by atoms with Gasteiger partial charge in [-0.15, -0.1) is 0 Å². The van der Waals surface area contributed by atoms with Gasteiger partial charge >= 0.3 is 0 Å². The molecule has 0 unspecified atom stereocenters. The van der Waals surface area contributed by atoms with Gasteiger partial charge in [0, 0.05) is 0 Å². The van der Waals surface area contributed by atoms with Crippen LogP contribution in [0.4, 0.5) is 0 Å². The van der Waals surface area contributed by atoms with Gasteiger partial charge in [0.05, 0.1) is 13.2 Å². The van der Waals surface area contributed by atoms with Crippen molar-refractivity contribution >= 4 is 0 Å². The summed E-state index contributed by atoms with van der Waals surface area (Å²) in [7, 11) is 0. The van der Waals surface area contributed by atoms with Gasteiger partial charge in [0.2, 0.25) is 0 Å². The van der Waals surface area contributed by atoms with Gasteiger partial charge in [-0.1, -0.05) is 144 Å². The average molecular weight is 605 g/mol. The number of hydrogen-bond donors (Lipinski definition) is 0. The van der Waals surface area contributed by atoms with Crippen molar-refractivity contribution < 1.29 is 9.47 Å². The molecule has 2 heteroatoms. The summed E-state index contributed by atoms with van der Waals surface area (Å²) in [6.45, 7) is 6.10. The molecule has 45 heavy (non-hydrogen) atoms. The molecule has 0 saturated carbocycles. The maximum Gasteiger partial charge on any atom is 0.119 e. The topological polar surface area (TPSA) is 18.5 Å². The van der Waals surface area contributed by atoms with Crippen molar-refractivity contribution in [3.8, 4) is 33.8 Å². The molecule has 0 amide bonds. The standard InChI is InChI=1S/C43H56O2/c1-3-5-12-16-36-18-22-38(23-19-36)40-26-30-42(31-27-40)44-34-14-10-8-7-9-11-15-35-45-43-32-28-41(29-33-43)39-24-20-37(21-25-39)17-13-6-4-2/h18-33H,3-17,34-35H2,1-2H3. The first-order chi connectivity index (χ1) is 22.2. The van der Waals surface area contributed by atoms with E-state index < -0.39 is 0 Å². The summed E-state index contributed by atoms with van der Waals surface area (Å²) < 4.78 is 12.0. The van der Waals surface area contributed by atoms with E-state index in [0.717, 1.165) is 37.6 Å². The molecule has 0 heterocycles. The highest BCUT2D eigenvalue weighted by Crippen LogP contribution is 2.25. The van der Waals surface area contributed by atoms with Crippen molar-refractivity contribution in [2.24, 2.45) is 0 Å². The van der Waals surface area contributed by atoms with Crippen molar-refractivity contribution in [3.63, 3.8) is 0 Å². The van der Waals surface area contributed by atoms with E-state index >= 15 is 0 Å². The molecule has 0 aliphatic heterocycles. The lowest BCUT2D eigenvalue weighted by Crippen LogP contribution is -1.98. The van der Waals surface area contributed by atoms with Gasteiger partial charge in [-0.3, -0.25) is 0 Å². The van der Waals surface area contributed by atoms with Gasteiger partial charge in [-0.25, -0.2) is 0 Å². The molecule has 4 aromatic rings. The highest BCUT2D eigenvalue weighted by molar-refractivity contribution is 5.65. The Hall–Kier alpha value is -3.52. The average Bonchev–Trinajstić information content (AvgIpc) is 3.09. The van der Waals surface area contributed by atoms with Crippen LogP contribution in [-0.2, 0) is 12.8 Å². The number of hydrogen-bond acceptors (Lipinski definition) is 2. The van der Waals surface area contributed by atoms with Gasteiger partial charge in [-0.2, -0.15) is 0 Å². The molecule has 2 nitrogen and oxygen atoms in total. The molecule has 240 valence electrons. The third kappa shape index (κ3) is 12.8. The van der Waals surface area contributed by atoms with Crippen molar-refractivity contribution in [1.29, 1.82) is 0 Å². The summed E-state index contributed by atoms with van der Waals surface area (Å²) in [5.74, 6) is 1.94. The second-order valence-electron chi connectivity index (χ2n) is 12.5. The molecule has 0 spiro atoms. The van der Waals surface area contributed by atoms with Crippen LogP contribution in [0.25, 0.3) is 22.3 Å². The van der Waals surface area contributed by atoms with E-state index in [1.165, 1.54) is 117 Å². The van der Waals surface area contributed by atoms with Crippen molar-refractivity contribution in [3.05, 3.63) is 108 Å². The summed E-state index contributed by atoms with van der Waals surface area (Å²) in [4.78, 5) is 0. The molecular weight excluding hydrogens is 548 g/mol. The lowest BCUT2D eigenvalue weighted by molar-refractivity contribution is 0.300. The zero-order valence-corrected chi connectivity index (χ0v) is 28.1. The van der Waals surface area contributed by atoms with Crippen LogP contribution in [0.2, 0.25) is 0 Å². The first-order valence-corrected chi connectivity index (χ1v) is 17.9. The van der Waals surface area contributed by atoms with Gasteiger partial charge < -0.3 is 9.47 Å². The number of unbranched alkanes of at least 4 members (excludes halogenated alkanes) is 10. The first-order valence-electron chi connectivity index (χ1n) is 17.9. The van der Waals surface area contributed by atoms with Crippen LogP contribution in [-0.4, -0.2) is 13.2 Å². The fourth-order valence-corrected chi connectivity index (χ4v) is 5.84. The molecule has 0 aromatic heterocycles. The Morgan fingerprint density at radius 2 is 0.644 bits per heavy atom. The minimum atomic E-state index is 0.794. The fraction of sp³-hybridized carbons (Fsp3) is 0.442. The largest absolute Gasteiger partial charge is 0.494 e. The van der Waals surface area contributed by atoms with Gasteiger partial charge in [0.1, 0.15) is 11.5 Å². The third-order valence-corrected chi connectivity index (χ3v) is 8.75. The van der Waals surface area contributed by atoms with Crippen LogP contribution < -0.4 is 9.47 Å². The Kier molecular flexibility index (Phi) is 15.6. The number of benzene rings is 4. The van der Waals surface area contributed by atoms with E-state index in [-0.39, 0.29) is 0 Å². The zero-order valence-electron chi connectivity index (χ0n) is 28.1. The van der Waals surface area contributed by atoms with E-state index in [4.69, 9.17) is 9.47 Å². The van der Waals surface area contributed by atoms with Crippen LogP contribution in [0.15, 0.2) is 97.1 Å². The van der Waals surface area contributed by atoms with Crippen molar-refractivity contribution in [2.75, 3.05) is 13.2 Å². The second-order valence-corrected chi connectivity index (χ2v) is 12.5. The van der Waals surface area contributed by atoms with Crippen LogP contribution in [0, 0.1) is 0 Å². The smallest absolute Gasteiger partial charge is 0.119 e. The molecule has 0 aliphatic carbocycles. The van der Waals surface area contributed by atoms with Crippen LogP contribution in [0.5, 0.6) is 11.5 Å². The second kappa shape index (κ2) is 20.5. The lowest BCUT2D eigenvalue weighted by Gasteiger charge is -2.09. The number of aryl methyl sites for hydroxylation is 2. The molecule has 0 atom stereocenters. The zero-order chi connectivity index (χ0) is 31.4. The Morgan fingerprint density at radius 1 is 0.333 bits per heavy atom. The Labute approximate surface area is 274 Å². The molecular formula is C43H56O2. The number of ether oxygens (including phenoxy) is 2. The Balaban J connectivity index is 1.000. The summed E-state index contributed by atoms with van der Waals surface area (Å²) in [6.07, 6.45) is 18.6.